The number of nitrogens with one attached hydrogen (secondary N) is 3. The van der Waals surface area contributed by atoms with Crippen LogP contribution in [0.4, 0.5) is 36.3 Å². The summed E-state index contributed by atoms with van der Waals surface area (Å²) >= 11 is 0. The lowest BCUT2D eigenvalue weighted by molar-refractivity contribution is -0.137. The number of piperazine rings is 1. The van der Waals surface area contributed by atoms with Gasteiger partial charge in [0, 0.05) is 56.2 Å². The van der Waals surface area contributed by atoms with Crippen LogP contribution in [0.5, 0.6) is 0 Å². The van der Waals surface area contributed by atoms with E-state index in [0.29, 0.717) is 11.6 Å². The summed E-state index contributed by atoms with van der Waals surface area (Å²) < 4.78 is 38.1. The first-order valence-electron chi connectivity index (χ1n) is 9.00. The van der Waals surface area contributed by atoms with E-state index in [1.54, 1.807) is 0 Å². The van der Waals surface area contributed by atoms with Gasteiger partial charge in [-0.15, -0.1) is 0 Å². The molecule has 28 heavy (non-hydrogen) atoms. The summed E-state index contributed by atoms with van der Waals surface area (Å²) in [5.74, 6) is 1.28. The highest BCUT2D eigenvalue weighted by molar-refractivity contribution is 5.65. The molecule has 0 spiro atoms. The van der Waals surface area contributed by atoms with Gasteiger partial charge in [0.25, 0.3) is 0 Å². The van der Waals surface area contributed by atoms with Gasteiger partial charge in [-0.05, 0) is 19.1 Å². The molecule has 0 bridgehead atoms. The number of pyridine rings is 2. The average molecular weight is 396 g/mol. The van der Waals surface area contributed by atoms with Crippen LogP contribution in [0.15, 0.2) is 30.5 Å². The topological polar surface area (TPSA) is 85.3 Å². The molecule has 3 rings (SSSR count). The van der Waals surface area contributed by atoms with Gasteiger partial charge in [-0.3, -0.25) is 0 Å². The van der Waals surface area contributed by atoms with Crippen LogP contribution in [-0.4, -0.2) is 53.9 Å². The van der Waals surface area contributed by atoms with Crippen LogP contribution in [0, 0.1) is 0 Å². The van der Waals surface area contributed by atoms with E-state index in [9.17, 15) is 18.3 Å². The Morgan fingerprint density at radius 2 is 1.89 bits per heavy atom. The second kappa shape index (κ2) is 8.61. The van der Waals surface area contributed by atoms with E-state index >= 15 is 0 Å². The van der Waals surface area contributed by atoms with Gasteiger partial charge in [0.05, 0.1) is 12.2 Å². The van der Waals surface area contributed by atoms with Crippen molar-refractivity contribution < 1.29 is 18.3 Å². The molecule has 0 amide bonds. The second-order valence-corrected chi connectivity index (χ2v) is 6.62. The standard InChI is InChI=1S/C18H23F3N6O/c1-12(11-28)24-16-8-14(27-6-4-22-5-7-27)9-17(26-16)25-15-3-2-13(10-23-15)18(19,20)21/h2-3,8-10,12,22,28H,4-7,11H2,1H3,(H2,23,24,25,26)/t12-/m0/s1. The molecule has 1 fully saturated rings. The first-order valence-corrected chi connectivity index (χ1v) is 9.00. The first-order chi connectivity index (χ1) is 13.3. The summed E-state index contributed by atoms with van der Waals surface area (Å²) in [6, 6.07) is 5.78. The minimum absolute atomic E-state index is 0.0528. The predicted molar refractivity (Wildman–Crippen MR) is 102 cm³/mol. The molecule has 3 heterocycles. The minimum Gasteiger partial charge on any atom is -0.394 e. The second-order valence-electron chi connectivity index (χ2n) is 6.62. The monoisotopic (exact) mass is 396 g/mol. The number of aliphatic hydroxyl groups excluding tert-OH is 1. The van der Waals surface area contributed by atoms with E-state index < -0.39 is 11.7 Å². The SMILES string of the molecule is C[C@@H](CO)Nc1cc(N2CCNCC2)cc(Nc2ccc(C(F)(F)F)cn2)n1. The third-order valence-electron chi connectivity index (χ3n) is 4.31. The smallest absolute Gasteiger partial charge is 0.394 e. The van der Waals surface area contributed by atoms with Crippen LogP contribution in [0.2, 0.25) is 0 Å². The molecule has 1 aliphatic heterocycles. The van der Waals surface area contributed by atoms with Crippen molar-refractivity contribution in [3.63, 3.8) is 0 Å². The highest BCUT2D eigenvalue weighted by Gasteiger charge is 2.30. The zero-order valence-corrected chi connectivity index (χ0v) is 15.4. The number of hydrogen-bond acceptors (Lipinski definition) is 7. The Hall–Kier alpha value is -2.59. The van der Waals surface area contributed by atoms with E-state index in [1.807, 2.05) is 19.1 Å². The van der Waals surface area contributed by atoms with Gasteiger partial charge in [-0.1, -0.05) is 0 Å². The quantitative estimate of drug-likeness (QED) is 0.597. The minimum atomic E-state index is -4.43. The van der Waals surface area contributed by atoms with Crippen LogP contribution in [0.3, 0.4) is 0 Å². The van der Waals surface area contributed by atoms with E-state index in [-0.39, 0.29) is 18.5 Å². The Morgan fingerprint density at radius 3 is 2.50 bits per heavy atom. The zero-order valence-electron chi connectivity index (χ0n) is 15.4. The lowest BCUT2D eigenvalue weighted by Crippen LogP contribution is -2.43. The van der Waals surface area contributed by atoms with Crippen LogP contribution >= 0.6 is 0 Å². The Morgan fingerprint density at radius 1 is 1.18 bits per heavy atom. The normalized spacial score (nSPS) is 16.0. The molecule has 0 saturated carbocycles. The molecular formula is C18H23F3N6O. The number of nitrogens with zero attached hydrogens (tertiary/aromatic N) is 3. The molecule has 1 aliphatic rings. The third kappa shape index (κ3) is 5.23. The van der Waals surface area contributed by atoms with Crippen LogP contribution in [0.1, 0.15) is 12.5 Å². The van der Waals surface area contributed by atoms with Crippen molar-refractivity contribution in [3.8, 4) is 0 Å². The molecule has 2 aromatic heterocycles. The van der Waals surface area contributed by atoms with Gasteiger partial charge in [0.1, 0.15) is 17.5 Å². The molecule has 0 radical (unpaired) electrons. The summed E-state index contributed by atoms with van der Waals surface area (Å²) in [7, 11) is 0. The molecule has 152 valence electrons. The van der Waals surface area contributed by atoms with Gasteiger partial charge in [0.15, 0.2) is 0 Å². The Bertz CT molecular complexity index is 778. The Labute approximate surface area is 161 Å². The van der Waals surface area contributed by atoms with Gasteiger partial charge >= 0.3 is 6.18 Å². The summed E-state index contributed by atoms with van der Waals surface area (Å²) in [6.07, 6.45) is -3.64. The van der Waals surface area contributed by atoms with Gasteiger partial charge in [-0.2, -0.15) is 13.2 Å². The lowest BCUT2D eigenvalue weighted by atomic mass is 10.2. The fourth-order valence-electron chi connectivity index (χ4n) is 2.82. The summed E-state index contributed by atoms with van der Waals surface area (Å²) in [5.41, 5.74) is 0.123. The first kappa shape index (κ1) is 20.2. The molecule has 0 aliphatic carbocycles. The largest absolute Gasteiger partial charge is 0.417 e. The third-order valence-corrected chi connectivity index (χ3v) is 4.31. The highest BCUT2D eigenvalue weighted by Crippen LogP contribution is 2.30. The number of halogens is 3. The summed E-state index contributed by atoms with van der Waals surface area (Å²) in [6.45, 7) is 5.16. The maximum absolute atomic E-state index is 12.7. The summed E-state index contributed by atoms with van der Waals surface area (Å²) in [5, 5.41) is 18.6. The molecular weight excluding hydrogens is 373 g/mol. The molecule has 0 aromatic carbocycles. The van der Waals surface area contributed by atoms with Crippen molar-refractivity contribution in [2.45, 2.75) is 19.1 Å². The van der Waals surface area contributed by atoms with Crippen molar-refractivity contribution in [3.05, 3.63) is 36.0 Å². The fraction of sp³-hybridized carbons (Fsp3) is 0.444. The van der Waals surface area contributed by atoms with Crippen LogP contribution < -0.4 is 20.9 Å². The van der Waals surface area contributed by atoms with E-state index in [1.165, 1.54) is 6.07 Å². The van der Waals surface area contributed by atoms with Crippen molar-refractivity contribution in [1.82, 2.24) is 15.3 Å². The lowest BCUT2D eigenvalue weighted by Gasteiger charge is -2.30. The van der Waals surface area contributed by atoms with Gasteiger partial charge < -0.3 is 26.0 Å². The molecule has 7 nitrogen and oxygen atoms in total. The van der Waals surface area contributed by atoms with E-state index in [4.69, 9.17) is 0 Å². The number of rotatable bonds is 6. The molecule has 2 aromatic rings. The number of aliphatic hydroxyl groups is 1. The molecule has 10 heteroatoms. The van der Waals surface area contributed by atoms with Crippen LogP contribution in [0.25, 0.3) is 0 Å². The van der Waals surface area contributed by atoms with E-state index in [2.05, 4.69) is 30.8 Å². The predicted octanol–water partition coefficient (Wildman–Crippen LogP) is 2.44. The van der Waals surface area contributed by atoms with E-state index in [0.717, 1.165) is 44.1 Å². The van der Waals surface area contributed by atoms with Crippen molar-refractivity contribution in [1.29, 1.82) is 0 Å². The Kier molecular flexibility index (Phi) is 6.20. The number of aromatic nitrogens is 2. The molecule has 4 N–H and O–H groups in total. The van der Waals surface area contributed by atoms with Crippen molar-refractivity contribution in [2.24, 2.45) is 0 Å². The average Bonchev–Trinajstić information content (AvgIpc) is 2.68. The van der Waals surface area contributed by atoms with Gasteiger partial charge in [0.2, 0.25) is 0 Å². The Balaban J connectivity index is 1.84. The van der Waals surface area contributed by atoms with Crippen LogP contribution in [-0.2, 0) is 6.18 Å². The highest BCUT2D eigenvalue weighted by atomic mass is 19.4. The van der Waals surface area contributed by atoms with Crippen molar-refractivity contribution >= 4 is 23.1 Å². The number of hydrogen-bond donors (Lipinski definition) is 4. The molecule has 1 saturated heterocycles. The fourth-order valence-corrected chi connectivity index (χ4v) is 2.82. The van der Waals surface area contributed by atoms with Gasteiger partial charge in [-0.25, -0.2) is 9.97 Å². The maximum atomic E-state index is 12.7. The zero-order chi connectivity index (χ0) is 20.1. The number of anilines is 4. The number of alkyl halides is 3. The maximum Gasteiger partial charge on any atom is 0.417 e. The molecule has 0 unspecified atom stereocenters. The van der Waals surface area contributed by atoms with Crippen molar-refractivity contribution in [2.75, 3.05) is 48.3 Å². The summed E-state index contributed by atoms with van der Waals surface area (Å²) in [4.78, 5) is 10.5. The molecule has 1 atom stereocenters.